The van der Waals surface area contributed by atoms with Crippen LogP contribution in [0.3, 0.4) is 0 Å². The molecule has 0 amide bonds. The molecular formula is C13H9Cl2NO3. The van der Waals surface area contributed by atoms with E-state index in [9.17, 15) is 10.1 Å². The van der Waals surface area contributed by atoms with Gasteiger partial charge in [0.05, 0.1) is 4.92 Å². The number of halogens is 2. The quantitative estimate of drug-likeness (QED) is 0.617. The number of ether oxygens (including phenoxy) is 1. The maximum atomic E-state index is 10.7. The van der Waals surface area contributed by atoms with Gasteiger partial charge in [-0.1, -0.05) is 23.2 Å². The molecule has 2 rings (SSSR count). The van der Waals surface area contributed by atoms with Gasteiger partial charge in [0.2, 0.25) is 0 Å². The maximum Gasteiger partial charge on any atom is 0.269 e. The molecule has 4 nitrogen and oxygen atoms in total. The van der Waals surface area contributed by atoms with E-state index < -0.39 is 4.92 Å². The SMILES string of the molecule is O=[N+]([O-])c1ccc(Cl)c(COc2ccc(Cl)cc2)c1. The summed E-state index contributed by atoms with van der Waals surface area (Å²) in [6, 6.07) is 11.1. The summed E-state index contributed by atoms with van der Waals surface area (Å²) >= 11 is 11.7. The van der Waals surface area contributed by atoms with Crippen LogP contribution in [-0.4, -0.2) is 4.92 Å². The summed E-state index contributed by atoms with van der Waals surface area (Å²) in [7, 11) is 0. The normalized spacial score (nSPS) is 10.2. The number of nitrogens with zero attached hydrogens (tertiary/aromatic N) is 1. The largest absolute Gasteiger partial charge is 0.489 e. The predicted molar refractivity (Wildman–Crippen MR) is 73.9 cm³/mol. The van der Waals surface area contributed by atoms with Crippen molar-refractivity contribution in [2.75, 3.05) is 0 Å². The molecule has 0 fully saturated rings. The van der Waals surface area contributed by atoms with E-state index in [4.69, 9.17) is 27.9 Å². The molecule has 0 radical (unpaired) electrons. The molecule has 2 aromatic rings. The van der Waals surface area contributed by atoms with Crippen LogP contribution < -0.4 is 4.74 Å². The second kappa shape index (κ2) is 5.91. The average Bonchev–Trinajstić information content (AvgIpc) is 2.39. The Morgan fingerprint density at radius 2 is 1.79 bits per heavy atom. The van der Waals surface area contributed by atoms with Crippen LogP contribution in [0.2, 0.25) is 10.0 Å². The lowest BCUT2D eigenvalue weighted by Crippen LogP contribution is -1.98. The number of benzene rings is 2. The summed E-state index contributed by atoms with van der Waals surface area (Å²) in [4.78, 5) is 10.2. The first-order valence-electron chi connectivity index (χ1n) is 5.37. The molecule has 19 heavy (non-hydrogen) atoms. The van der Waals surface area contributed by atoms with Gasteiger partial charge in [-0.3, -0.25) is 10.1 Å². The van der Waals surface area contributed by atoms with Gasteiger partial charge in [0.25, 0.3) is 5.69 Å². The molecule has 0 spiro atoms. The second-order valence-corrected chi connectivity index (χ2v) is 4.62. The summed E-state index contributed by atoms with van der Waals surface area (Å²) in [6.45, 7) is 0.155. The van der Waals surface area contributed by atoms with E-state index >= 15 is 0 Å². The standard InChI is InChI=1S/C13H9Cl2NO3/c14-10-1-4-12(5-2-10)19-8-9-7-11(16(17)18)3-6-13(9)15/h1-7H,8H2. The molecule has 0 unspecified atom stereocenters. The number of hydrogen-bond acceptors (Lipinski definition) is 3. The summed E-state index contributed by atoms with van der Waals surface area (Å²) in [5.41, 5.74) is 0.546. The molecule has 0 saturated heterocycles. The van der Waals surface area contributed by atoms with Crippen molar-refractivity contribution in [1.29, 1.82) is 0 Å². The van der Waals surface area contributed by atoms with Gasteiger partial charge in [-0.05, 0) is 30.3 Å². The average molecular weight is 298 g/mol. The van der Waals surface area contributed by atoms with Crippen molar-refractivity contribution in [3.63, 3.8) is 0 Å². The number of nitro groups is 1. The van der Waals surface area contributed by atoms with E-state index in [-0.39, 0.29) is 12.3 Å². The Morgan fingerprint density at radius 1 is 1.11 bits per heavy atom. The Bertz CT molecular complexity index is 599. The fraction of sp³-hybridized carbons (Fsp3) is 0.0769. The van der Waals surface area contributed by atoms with E-state index in [0.29, 0.717) is 21.4 Å². The van der Waals surface area contributed by atoms with Crippen LogP contribution in [-0.2, 0) is 6.61 Å². The van der Waals surface area contributed by atoms with Crippen LogP contribution in [0.25, 0.3) is 0 Å². The van der Waals surface area contributed by atoms with E-state index in [1.807, 2.05) is 0 Å². The lowest BCUT2D eigenvalue weighted by molar-refractivity contribution is -0.384. The van der Waals surface area contributed by atoms with Crippen LogP contribution >= 0.6 is 23.2 Å². The predicted octanol–water partition coefficient (Wildman–Crippen LogP) is 4.48. The van der Waals surface area contributed by atoms with E-state index in [1.54, 1.807) is 24.3 Å². The first-order valence-corrected chi connectivity index (χ1v) is 6.13. The minimum atomic E-state index is -0.470. The van der Waals surface area contributed by atoms with Crippen LogP contribution in [0, 0.1) is 10.1 Å². The van der Waals surface area contributed by atoms with Crippen molar-refractivity contribution >= 4 is 28.9 Å². The molecule has 0 aliphatic heterocycles. The third kappa shape index (κ3) is 3.59. The van der Waals surface area contributed by atoms with Gasteiger partial charge >= 0.3 is 0 Å². The Labute approximate surface area is 119 Å². The smallest absolute Gasteiger partial charge is 0.269 e. The zero-order valence-electron chi connectivity index (χ0n) is 9.68. The highest BCUT2D eigenvalue weighted by atomic mass is 35.5. The lowest BCUT2D eigenvalue weighted by Gasteiger charge is -2.07. The Balaban J connectivity index is 2.12. The second-order valence-electron chi connectivity index (χ2n) is 3.78. The molecule has 0 aliphatic rings. The highest BCUT2D eigenvalue weighted by Gasteiger charge is 2.10. The number of hydrogen-bond donors (Lipinski definition) is 0. The van der Waals surface area contributed by atoms with Crippen LogP contribution in [0.4, 0.5) is 5.69 Å². The topological polar surface area (TPSA) is 52.4 Å². The zero-order valence-corrected chi connectivity index (χ0v) is 11.2. The molecule has 98 valence electrons. The van der Waals surface area contributed by atoms with Crippen LogP contribution in [0.15, 0.2) is 42.5 Å². The van der Waals surface area contributed by atoms with Crippen molar-refractivity contribution in [2.45, 2.75) is 6.61 Å². The molecule has 0 atom stereocenters. The Kier molecular flexibility index (Phi) is 4.24. The summed E-state index contributed by atoms with van der Waals surface area (Å²) < 4.78 is 5.50. The lowest BCUT2D eigenvalue weighted by atomic mass is 10.2. The van der Waals surface area contributed by atoms with Gasteiger partial charge in [0.15, 0.2) is 0 Å². The molecule has 0 bridgehead atoms. The highest BCUT2D eigenvalue weighted by molar-refractivity contribution is 6.31. The third-order valence-electron chi connectivity index (χ3n) is 2.45. The fourth-order valence-corrected chi connectivity index (χ4v) is 1.78. The zero-order chi connectivity index (χ0) is 13.8. The molecule has 0 saturated carbocycles. The molecular weight excluding hydrogens is 289 g/mol. The number of non-ortho nitro benzene ring substituents is 1. The monoisotopic (exact) mass is 297 g/mol. The summed E-state index contributed by atoms with van der Waals surface area (Å²) in [6.07, 6.45) is 0. The van der Waals surface area contributed by atoms with E-state index in [0.717, 1.165) is 0 Å². The first kappa shape index (κ1) is 13.6. The number of nitro benzene ring substituents is 1. The minimum Gasteiger partial charge on any atom is -0.489 e. The maximum absolute atomic E-state index is 10.7. The van der Waals surface area contributed by atoms with Crippen LogP contribution in [0.5, 0.6) is 5.75 Å². The van der Waals surface area contributed by atoms with Gasteiger partial charge in [0.1, 0.15) is 12.4 Å². The van der Waals surface area contributed by atoms with Gasteiger partial charge in [0, 0.05) is 27.7 Å². The number of rotatable bonds is 4. The Hall–Kier alpha value is -1.78. The van der Waals surface area contributed by atoms with Crippen molar-refractivity contribution < 1.29 is 9.66 Å². The van der Waals surface area contributed by atoms with Crippen molar-refractivity contribution in [2.24, 2.45) is 0 Å². The van der Waals surface area contributed by atoms with Crippen molar-refractivity contribution in [1.82, 2.24) is 0 Å². The third-order valence-corrected chi connectivity index (χ3v) is 3.07. The van der Waals surface area contributed by atoms with Gasteiger partial charge in [-0.25, -0.2) is 0 Å². The van der Waals surface area contributed by atoms with Crippen LogP contribution in [0.1, 0.15) is 5.56 Å². The minimum absolute atomic E-state index is 0.0147. The van der Waals surface area contributed by atoms with E-state index in [1.165, 1.54) is 18.2 Å². The van der Waals surface area contributed by atoms with Crippen molar-refractivity contribution in [3.05, 3.63) is 68.2 Å². The fourth-order valence-electron chi connectivity index (χ4n) is 1.48. The summed E-state index contributed by atoms with van der Waals surface area (Å²) in [5, 5.41) is 11.7. The Morgan fingerprint density at radius 3 is 2.42 bits per heavy atom. The molecule has 0 aliphatic carbocycles. The molecule has 6 heteroatoms. The first-order chi connectivity index (χ1) is 9.06. The summed E-state index contributed by atoms with van der Waals surface area (Å²) in [5.74, 6) is 0.618. The molecule has 0 heterocycles. The highest BCUT2D eigenvalue weighted by Crippen LogP contribution is 2.24. The van der Waals surface area contributed by atoms with Crippen molar-refractivity contribution in [3.8, 4) is 5.75 Å². The van der Waals surface area contributed by atoms with E-state index in [2.05, 4.69) is 0 Å². The molecule has 0 aromatic heterocycles. The van der Waals surface area contributed by atoms with Gasteiger partial charge in [-0.2, -0.15) is 0 Å². The van der Waals surface area contributed by atoms with Gasteiger partial charge in [-0.15, -0.1) is 0 Å². The molecule has 2 aromatic carbocycles. The molecule has 0 N–H and O–H groups in total. The van der Waals surface area contributed by atoms with Gasteiger partial charge < -0.3 is 4.74 Å².